The van der Waals surface area contributed by atoms with Crippen LogP contribution in [0, 0.1) is 0 Å². The summed E-state index contributed by atoms with van der Waals surface area (Å²) in [5.41, 5.74) is 3.79. The topological polar surface area (TPSA) is 48.3 Å². The van der Waals surface area contributed by atoms with Crippen LogP contribution in [-0.2, 0) is 19.9 Å². The van der Waals surface area contributed by atoms with Crippen LogP contribution < -0.4 is 14.8 Å². The average molecular weight is 285 g/mol. The van der Waals surface area contributed by atoms with Gasteiger partial charge in [0, 0.05) is 25.7 Å². The van der Waals surface area contributed by atoms with Crippen LogP contribution in [0.2, 0.25) is 0 Å². The van der Waals surface area contributed by atoms with Gasteiger partial charge in [-0.25, -0.2) is 0 Å². The van der Waals surface area contributed by atoms with Gasteiger partial charge in [-0.15, -0.1) is 0 Å². The van der Waals surface area contributed by atoms with Gasteiger partial charge in [0.1, 0.15) is 13.2 Å². The third-order valence-corrected chi connectivity index (χ3v) is 4.15. The molecule has 3 heterocycles. The monoisotopic (exact) mass is 285 g/mol. The summed E-state index contributed by atoms with van der Waals surface area (Å²) in [5, 5.41) is 8.08. The van der Waals surface area contributed by atoms with Crippen LogP contribution in [0.25, 0.3) is 0 Å². The molecule has 0 spiro atoms. The standard InChI is InChI=1S/C16H19N3O2/c1-19-5-3-12(18-19)9-14-13-10-16-15(20-6-7-21-16)8-11(13)2-4-17-14/h3,5,8,10,14,17H,2,4,6-7,9H2,1H3. The zero-order valence-electron chi connectivity index (χ0n) is 12.1. The lowest BCUT2D eigenvalue weighted by Crippen LogP contribution is -2.31. The van der Waals surface area contributed by atoms with Gasteiger partial charge < -0.3 is 14.8 Å². The van der Waals surface area contributed by atoms with E-state index in [0.29, 0.717) is 19.3 Å². The molecule has 0 saturated carbocycles. The van der Waals surface area contributed by atoms with E-state index in [-0.39, 0.29) is 0 Å². The highest BCUT2D eigenvalue weighted by molar-refractivity contribution is 5.50. The smallest absolute Gasteiger partial charge is 0.161 e. The Kier molecular flexibility index (Phi) is 3.07. The van der Waals surface area contributed by atoms with Crippen LogP contribution in [0.4, 0.5) is 0 Å². The minimum absolute atomic E-state index is 0.291. The predicted octanol–water partition coefficient (Wildman–Crippen LogP) is 1.62. The number of hydrogen-bond acceptors (Lipinski definition) is 4. The first-order valence-electron chi connectivity index (χ1n) is 7.44. The number of nitrogens with one attached hydrogen (secondary N) is 1. The normalized spacial score (nSPS) is 20.1. The maximum atomic E-state index is 5.72. The lowest BCUT2D eigenvalue weighted by atomic mass is 9.91. The molecule has 0 bridgehead atoms. The van der Waals surface area contributed by atoms with Gasteiger partial charge in [-0.1, -0.05) is 0 Å². The van der Waals surface area contributed by atoms with E-state index in [9.17, 15) is 0 Å². The largest absolute Gasteiger partial charge is 0.486 e. The summed E-state index contributed by atoms with van der Waals surface area (Å²) in [6.07, 6.45) is 3.92. The maximum absolute atomic E-state index is 5.72. The van der Waals surface area contributed by atoms with Crippen molar-refractivity contribution in [1.29, 1.82) is 0 Å². The minimum atomic E-state index is 0.291. The lowest BCUT2D eigenvalue weighted by molar-refractivity contribution is 0.171. The van der Waals surface area contributed by atoms with Crippen LogP contribution in [0.15, 0.2) is 24.4 Å². The molecular weight excluding hydrogens is 266 g/mol. The highest BCUT2D eigenvalue weighted by atomic mass is 16.6. The van der Waals surface area contributed by atoms with Crippen LogP contribution in [-0.4, -0.2) is 29.5 Å². The fraction of sp³-hybridized carbons (Fsp3) is 0.438. The van der Waals surface area contributed by atoms with Gasteiger partial charge in [0.05, 0.1) is 5.69 Å². The number of benzene rings is 1. The van der Waals surface area contributed by atoms with E-state index in [4.69, 9.17) is 9.47 Å². The van der Waals surface area contributed by atoms with Crippen LogP contribution >= 0.6 is 0 Å². The molecule has 2 aromatic rings. The number of aromatic nitrogens is 2. The van der Waals surface area contributed by atoms with Gasteiger partial charge in [0.15, 0.2) is 11.5 Å². The predicted molar refractivity (Wildman–Crippen MR) is 78.8 cm³/mol. The van der Waals surface area contributed by atoms with Crippen molar-refractivity contribution in [2.45, 2.75) is 18.9 Å². The molecule has 0 saturated heterocycles. The van der Waals surface area contributed by atoms with Gasteiger partial charge in [-0.05, 0) is 42.3 Å². The van der Waals surface area contributed by atoms with Crippen LogP contribution in [0.5, 0.6) is 11.5 Å². The van der Waals surface area contributed by atoms with E-state index in [1.54, 1.807) is 0 Å². The molecule has 2 aliphatic rings. The summed E-state index contributed by atoms with van der Waals surface area (Å²) in [5.74, 6) is 1.76. The molecule has 2 aliphatic heterocycles. The number of rotatable bonds is 2. The highest BCUT2D eigenvalue weighted by Gasteiger charge is 2.24. The molecule has 21 heavy (non-hydrogen) atoms. The first-order valence-corrected chi connectivity index (χ1v) is 7.44. The van der Waals surface area contributed by atoms with E-state index in [0.717, 1.165) is 36.6 Å². The van der Waals surface area contributed by atoms with Crippen molar-refractivity contribution in [3.05, 3.63) is 41.2 Å². The first kappa shape index (κ1) is 12.7. The van der Waals surface area contributed by atoms with E-state index < -0.39 is 0 Å². The van der Waals surface area contributed by atoms with Crippen LogP contribution in [0.1, 0.15) is 22.9 Å². The Morgan fingerprint density at radius 2 is 2.10 bits per heavy atom. The fourth-order valence-corrected chi connectivity index (χ4v) is 3.14. The molecule has 4 rings (SSSR count). The van der Waals surface area contributed by atoms with Gasteiger partial charge in [-0.3, -0.25) is 4.68 Å². The molecular formula is C16H19N3O2. The quantitative estimate of drug-likeness (QED) is 0.911. The van der Waals surface area contributed by atoms with E-state index >= 15 is 0 Å². The summed E-state index contributed by atoms with van der Waals surface area (Å²) in [4.78, 5) is 0. The fourth-order valence-electron chi connectivity index (χ4n) is 3.14. The molecule has 0 radical (unpaired) electrons. The second-order valence-electron chi connectivity index (χ2n) is 5.64. The molecule has 1 N–H and O–H groups in total. The first-order chi connectivity index (χ1) is 10.3. The Morgan fingerprint density at radius 1 is 1.29 bits per heavy atom. The van der Waals surface area contributed by atoms with Crippen LogP contribution in [0.3, 0.4) is 0 Å². The van der Waals surface area contributed by atoms with E-state index in [2.05, 4.69) is 28.6 Å². The van der Waals surface area contributed by atoms with Crippen molar-refractivity contribution in [2.75, 3.05) is 19.8 Å². The summed E-state index contributed by atoms with van der Waals surface area (Å²) in [6.45, 7) is 2.26. The number of ether oxygens (including phenoxy) is 2. The molecule has 110 valence electrons. The Hall–Kier alpha value is -2.01. The number of hydrogen-bond donors (Lipinski definition) is 1. The Balaban J connectivity index is 1.66. The number of nitrogens with zero attached hydrogens (tertiary/aromatic N) is 2. The maximum Gasteiger partial charge on any atom is 0.161 e. The zero-order chi connectivity index (χ0) is 14.2. The molecule has 1 unspecified atom stereocenters. The van der Waals surface area contributed by atoms with Crippen molar-refractivity contribution < 1.29 is 9.47 Å². The Morgan fingerprint density at radius 3 is 2.86 bits per heavy atom. The van der Waals surface area contributed by atoms with Crippen molar-refractivity contribution in [1.82, 2.24) is 15.1 Å². The van der Waals surface area contributed by atoms with Gasteiger partial charge in [0.2, 0.25) is 0 Å². The molecule has 0 amide bonds. The molecule has 1 atom stereocenters. The highest BCUT2D eigenvalue weighted by Crippen LogP contribution is 2.37. The second-order valence-corrected chi connectivity index (χ2v) is 5.64. The molecule has 0 fully saturated rings. The number of aryl methyl sites for hydroxylation is 1. The second kappa shape index (κ2) is 5.07. The Labute approximate surface area is 123 Å². The lowest BCUT2D eigenvalue weighted by Gasteiger charge is -2.29. The van der Waals surface area contributed by atoms with Gasteiger partial charge in [-0.2, -0.15) is 5.10 Å². The summed E-state index contributed by atoms with van der Waals surface area (Å²) in [6, 6.07) is 6.66. The van der Waals surface area contributed by atoms with Crippen molar-refractivity contribution >= 4 is 0 Å². The average Bonchev–Trinajstić information content (AvgIpc) is 2.91. The molecule has 5 heteroatoms. The molecule has 5 nitrogen and oxygen atoms in total. The third kappa shape index (κ3) is 2.38. The van der Waals surface area contributed by atoms with E-state index in [1.165, 1.54) is 11.1 Å². The minimum Gasteiger partial charge on any atom is -0.486 e. The zero-order valence-corrected chi connectivity index (χ0v) is 12.1. The molecule has 0 aliphatic carbocycles. The SMILES string of the molecule is Cn1ccc(CC2NCCc3cc4c(cc32)OCCO4)n1. The number of fused-ring (bicyclic) bond motifs is 2. The van der Waals surface area contributed by atoms with Gasteiger partial charge in [0.25, 0.3) is 0 Å². The summed E-state index contributed by atoms with van der Waals surface area (Å²) in [7, 11) is 1.95. The summed E-state index contributed by atoms with van der Waals surface area (Å²) < 4.78 is 13.3. The molecule has 1 aromatic heterocycles. The Bertz CT molecular complexity index is 666. The van der Waals surface area contributed by atoms with Crippen molar-refractivity contribution in [2.24, 2.45) is 7.05 Å². The molecule has 1 aromatic carbocycles. The summed E-state index contributed by atoms with van der Waals surface area (Å²) >= 11 is 0. The van der Waals surface area contributed by atoms with Crippen molar-refractivity contribution in [3.63, 3.8) is 0 Å². The van der Waals surface area contributed by atoms with Gasteiger partial charge >= 0.3 is 0 Å². The van der Waals surface area contributed by atoms with Crippen molar-refractivity contribution in [3.8, 4) is 11.5 Å². The van der Waals surface area contributed by atoms with E-state index in [1.807, 2.05) is 17.9 Å². The third-order valence-electron chi connectivity index (χ3n) is 4.15.